The van der Waals surface area contributed by atoms with Crippen molar-refractivity contribution in [2.75, 3.05) is 33.4 Å². The molecule has 9 heteroatoms. The van der Waals surface area contributed by atoms with Crippen molar-refractivity contribution in [3.8, 4) is 11.5 Å². The van der Waals surface area contributed by atoms with Crippen LogP contribution in [0.1, 0.15) is 43.0 Å². The minimum Gasteiger partial charge on any atom is -0.508 e. The zero-order chi connectivity index (χ0) is 29.8. The van der Waals surface area contributed by atoms with E-state index in [1.165, 1.54) is 23.1 Å². The number of amides is 2. The number of aliphatic hydroxyl groups excluding tert-OH is 1. The second kappa shape index (κ2) is 15.7. The number of hydrogen-bond acceptors (Lipinski definition) is 8. The fraction of sp³-hybridized carbons (Fsp3) is 0.355. The Kier molecular flexibility index (Phi) is 12.8. The van der Waals surface area contributed by atoms with E-state index in [1.54, 1.807) is 30.3 Å². The molecule has 6 N–H and O–H groups in total. The molecule has 216 valence electrons. The molecule has 0 saturated carbocycles. The smallest absolute Gasteiger partial charge is 0.261 e. The van der Waals surface area contributed by atoms with Gasteiger partial charge >= 0.3 is 0 Å². The van der Waals surface area contributed by atoms with E-state index in [2.05, 4.69) is 5.73 Å². The maximum atomic E-state index is 11.8. The first-order valence-corrected chi connectivity index (χ1v) is 13.1. The lowest BCUT2D eigenvalue weighted by Gasteiger charge is -2.12. The first kappa shape index (κ1) is 32.5. The number of aryl methyl sites for hydroxylation is 4. The Labute approximate surface area is 236 Å². The molecule has 0 spiro atoms. The molecule has 2 heterocycles. The van der Waals surface area contributed by atoms with Gasteiger partial charge in [0.25, 0.3) is 11.8 Å². The second-order valence-corrected chi connectivity index (χ2v) is 9.48. The predicted molar refractivity (Wildman–Crippen MR) is 156 cm³/mol. The number of fused-ring (bicyclic) bond motifs is 1. The first-order valence-electron chi connectivity index (χ1n) is 13.1. The van der Waals surface area contributed by atoms with Crippen LogP contribution in [0.3, 0.4) is 0 Å². The van der Waals surface area contributed by atoms with Gasteiger partial charge in [-0.1, -0.05) is 47.5 Å². The molecule has 2 aliphatic rings. The van der Waals surface area contributed by atoms with Crippen LogP contribution in [0.4, 0.5) is 0 Å². The molecule has 0 aliphatic carbocycles. The number of nitrogens with zero attached hydrogens (tertiary/aromatic N) is 1. The summed E-state index contributed by atoms with van der Waals surface area (Å²) >= 11 is 0. The van der Waals surface area contributed by atoms with Gasteiger partial charge in [-0.25, -0.2) is 0 Å². The predicted octanol–water partition coefficient (Wildman–Crippen LogP) is 3.27. The number of rotatable bonds is 6. The summed E-state index contributed by atoms with van der Waals surface area (Å²) < 4.78 is 10.4. The highest BCUT2D eigenvalue weighted by atomic mass is 16.6. The molecule has 2 atom stereocenters. The Morgan fingerprint density at radius 3 is 1.90 bits per heavy atom. The average molecular weight is 552 g/mol. The number of ether oxygens (including phenoxy) is 2. The largest absolute Gasteiger partial charge is 0.508 e. The van der Waals surface area contributed by atoms with E-state index in [0.717, 1.165) is 16.9 Å². The van der Waals surface area contributed by atoms with Crippen LogP contribution in [-0.4, -0.2) is 72.5 Å². The van der Waals surface area contributed by atoms with Gasteiger partial charge in [0, 0.05) is 6.54 Å². The number of aliphatic hydroxyl groups is 1. The highest BCUT2D eigenvalue weighted by Crippen LogP contribution is 2.24. The molecule has 5 rings (SSSR count). The lowest BCUT2D eigenvalue weighted by atomic mass is 10.1. The summed E-state index contributed by atoms with van der Waals surface area (Å²) in [6, 6.07) is 18.4. The zero-order valence-electron chi connectivity index (χ0n) is 23.9. The Balaban J connectivity index is 0.000000210. The monoisotopic (exact) mass is 551 g/mol. The summed E-state index contributed by atoms with van der Waals surface area (Å²) in [6.45, 7) is 9.42. The van der Waals surface area contributed by atoms with Crippen molar-refractivity contribution in [3.05, 3.63) is 94.0 Å². The van der Waals surface area contributed by atoms with Gasteiger partial charge in [-0.3, -0.25) is 14.5 Å². The highest BCUT2D eigenvalue weighted by molar-refractivity contribution is 6.21. The lowest BCUT2D eigenvalue weighted by molar-refractivity contribution is 0.0642. The molecular weight excluding hydrogens is 510 g/mol. The topological polar surface area (TPSA) is 152 Å². The van der Waals surface area contributed by atoms with Gasteiger partial charge in [0.05, 0.1) is 30.4 Å². The van der Waals surface area contributed by atoms with Crippen molar-refractivity contribution in [2.45, 2.75) is 39.9 Å². The molecule has 9 nitrogen and oxygen atoms in total. The molecule has 3 aromatic carbocycles. The number of carbonyl (C=O) groups excluding carboxylic acids is 2. The van der Waals surface area contributed by atoms with Crippen LogP contribution in [0.15, 0.2) is 60.7 Å². The molecule has 2 amide bonds. The van der Waals surface area contributed by atoms with Gasteiger partial charge < -0.3 is 31.2 Å². The third kappa shape index (κ3) is 9.46. The summed E-state index contributed by atoms with van der Waals surface area (Å²) in [6.07, 6.45) is -0.539. The van der Waals surface area contributed by atoms with Gasteiger partial charge in [0.2, 0.25) is 0 Å². The van der Waals surface area contributed by atoms with Crippen LogP contribution in [0, 0.1) is 27.7 Å². The van der Waals surface area contributed by atoms with Crippen molar-refractivity contribution in [1.82, 2.24) is 4.90 Å². The van der Waals surface area contributed by atoms with Crippen LogP contribution in [0.25, 0.3) is 0 Å². The fourth-order valence-electron chi connectivity index (χ4n) is 3.80. The number of phenolic OH excluding ortho intramolecular Hbond substituents is 1. The Hall–Kier alpha value is -3.76. The van der Waals surface area contributed by atoms with Crippen LogP contribution >= 0.6 is 0 Å². The van der Waals surface area contributed by atoms with Crippen LogP contribution < -0.4 is 16.2 Å². The van der Waals surface area contributed by atoms with Gasteiger partial charge in [0.1, 0.15) is 24.2 Å². The zero-order valence-corrected chi connectivity index (χ0v) is 23.9. The second-order valence-electron chi connectivity index (χ2n) is 9.48. The molecule has 0 unspecified atom stereocenters. The number of hydrogen-bond donors (Lipinski definition) is 4. The number of epoxide rings is 1. The van der Waals surface area contributed by atoms with E-state index >= 15 is 0 Å². The quantitative estimate of drug-likeness (QED) is 0.269. The summed E-state index contributed by atoms with van der Waals surface area (Å²) in [5.41, 5.74) is 15.2. The molecule has 0 aromatic heterocycles. The summed E-state index contributed by atoms with van der Waals surface area (Å²) in [7, 11) is 1.50. The summed E-state index contributed by atoms with van der Waals surface area (Å²) in [5.74, 6) is 0.779. The van der Waals surface area contributed by atoms with E-state index in [4.69, 9.17) is 20.3 Å². The summed E-state index contributed by atoms with van der Waals surface area (Å²) in [4.78, 5) is 24.9. The molecular formula is C31H41N3O6. The van der Waals surface area contributed by atoms with Gasteiger partial charge in [-0.05, 0) is 70.1 Å². The Bertz CT molecular complexity index is 1240. The molecule has 40 heavy (non-hydrogen) atoms. The van der Waals surface area contributed by atoms with Crippen molar-refractivity contribution in [3.63, 3.8) is 0 Å². The van der Waals surface area contributed by atoms with Crippen molar-refractivity contribution >= 4 is 11.8 Å². The van der Waals surface area contributed by atoms with E-state index < -0.39 is 6.10 Å². The standard InChI is InChI=1S/C11H9NO3.C11H17NO2.C8H10O.CH5N/c13-10-8-3-1-2-4-9(8)11(14)12(10)5-7-6-15-7;1-8-3-4-11(9(2)5-8)14-7-10(13)6-12;1-6-3-4-8(9)7(2)5-6;1-2/h1-4,7H,5-6H2;3-5,10,13H,6-7,12H2,1-2H3;3-5,9H,1-2H3;2H2,1H3/t7-;10-;;/m11../s1. The van der Waals surface area contributed by atoms with E-state index in [1.807, 2.05) is 58.0 Å². The SMILES string of the molecule is CN.Cc1ccc(O)c(C)c1.Cc1ccc(OC[C@H](O)CN)c(C)c1.O=C1c2ccccc2C(=O)N1C[C@@H]1CO1. The molecule has 0 radical (unpaired) electrons. The highest BCUT2D eigenvalue weighted by Gasteiger charge is 2.39. The minimum atomic E-state index is -0.587. The van der Waals surface area contributed by atoms with E-state index in [-0.39, 0.29) is 31.1 Å². The van der Waals surface area contributed by atoms with Crippen molar-refractivity contribution in [2.24, 2.45) is 11.5 Å². The van der Waals surface area contributed by atoms with Crippen molar-refractivity contribution in [1.29, 1.82) is 0 Å². The third-order valence-corrected chi connectivity index (χ3v) is 6.05. The average Bonchev–Trinajstić information content (AvgIpc) is 3.75. The fourth-order valence-corrected chi connectivity index (χ4v) is 3.80. The number of imide groups is 1. The number of carbonyl (C=O) groups is 2. The molecule has 1 fully saturated rings. The molecule has 1 saturated heterocycles. The maximum Gasteiger partial charge on any atom is 0.261 e. The number of phenols is 1. The van der Waals surface area contributed by atoms with Crippen LogP contribution in [-0.2, 0) is 4.74 Å². The van der Waals surface area contributed by atoms with Gasteiger partial charge in [-0.15, -0.1) is 0 Å². The lowest BCUT2D eigenvalue weighted by Crippen LogP contribution is -2.33. The van der Waals surface area contributed by atoms with Crippen LogP contribution in [0.2, 0.25) is 0 Å². The van der Waals surface area contributed by atoms with Gasteiger partial charge in [0.15, 0.2) is 0 Å². The molecule has 2 aliphatic heterocycles. The van der Waals surface area contributed by atoms with E-state index in [0.29, 0.717) is 30.0 Å². The molecule has 0 bridgehead atoms. The van der Waals surface area contributed by atoms with E-state index in [9.17, 15) is 14.7 Å². The summed E-state index contributed by atoms with van der Waals surface area (Å²) in [5, 5.41) is 18.3. The Morgan fingerprint density at radius 2 is 1.45 bits per heavy atom. The number of aromatic hydroxyl groups is 1. The normalized spacial score (nSPS) is 15.4. The maximum absolute atomic E-state index is 11.8. The molecule has 3 aromatic rings. The Morgan fingerprint density at radius 1 is 0.925 bits per heavy atom. The first-order chi connectivity index (χ1) is 19.1. The van der Waals surface area contributed by atoms with Gasteiger partial charge in [-0.2, -0.15) is 0 Å². The minimum absolute atomic E-state index is 0.0483. The van der Waals surface area contributed by atoms with Crippen molar-refractivity contribution < 1.29 is 29.3 Å². The third-order valence-electron chi connectivity index (χ3n) is 6.05. The number of benzene rings is 3. The number of nitrogens with two attached hydrogens (primary N) is 2. The van der Waals surface area contributed by atoms with Crippen LogP contribution in [0.5, 0.6) is 11.5 Å².